The number of ether oxygens (including phenoxy) is 1. The highest BCUT2D eigenvalue weighted by Crippen LogP contribution is 2.14. The van der Waals surface area contributed by atoms with Crippen LogP contribution < -0.4 is 0 Å². The van der Waals surface area contributed by atoms with Gasteiger partial charge in [0.15, 0.2) is 0 Å². The van der Waals surface area contributed by atoms with E-state index in [-0.39, 0.29) is 5.91 Å². The molecule has 0 saturated carbocycles. The third-order valence-corrected chi connectivity index (χ3v) is 3.17. The van der Waals surface area contributed by atoms with Gasteiger partial charge in [-0.15, -0.1) is 0 Å². The maximum absolute atomic E-state index is 12.5. The van der Waals surface area contributed by atoms with Crippen LogP contribution in [0.15, 0.2) is 12.1 Å². The second kappa shape index (κ2) is 8.93. The van der Waals surface area contributed by atoms with Crippen LogP contribution in [0.2, 0.25) is 5.15 Å². The van der Waals surface area contributed by atoms with Gasteiger partial charge in [-0.1, -0.05) is 24.9 Å². The summed E-state index contributed by atoms with van der Waals surface area (Å²) in [5, 5.41) is 0.375. The number of aromatic nitrogens is 1. The van der Waals surface area contributed by atoms with E-state index in [9.17, 15) is 4.79 Å². The quantitative estimate of drug-likeness (QED) is 0.547. The number of halogens is 1. The molecule has 4 nitrogen and oxygen atoms in total. The van der Waals surface area contributed by atoms with Crippen molar-refractivity contribution in [1.29, 1.82) is 0 Å². The van der Waals surface area contributed by atoms with Crippen molar-refractivity contribution in [1.82, 2.24) is 9.88 Å². The Morgan fingerprint density at radius 1 is 1.35 bits per heavy atom. The molecule has 0 radical (unpaired) electrons. The molecule has 20 heavy (non-hydrogen) atoms. The number of likely N-dealkylation sites (N-methyl/N-ethyl adjacent to an activating group) is 1. The molecule has 0 aliphatic heterocycles. The van der Waals surface area contributed by atoms with Gasteiger partial charge < -0.3 is 9.64 Å². The fourth-order valence-corrected chi connectivity index (χ4v) is 2.19. The van der Waals surface area contributed by atoms with E-state index < -0.39 is 0 Å². The van der Waals surface area contributed by atoms with Gasteiger partial charge in [0.05, 0.1) is 6.61 Å². The standard InChI is InChI=1S/C15H23ClN2O2/c1-4-7-13-10-12(11-14(16)17-13)15(19)18(5-2)8-9-20-6-3/h10-11H,4-9H2,1-3H3. The molecule has 0 saturated heterocycles. The Morgan fingerprint density at radius 2 is 2.10 bits per heavy atom. The monoisotopic (exact) mass is 298 g/mol. The minimum Gasteiger partial charge on any atom is -0.380 e. The summed E-state index contributed by atoms with van der Waals surface area (Å²) in [6.45, 7) is 8.42. The number of amides is 1. The number of hydrogen-bond donors (Lipinski definition) is 0. The first-order valence-corrected chi connectivity index (χ1v) is 7.53. The Morgan fingerprint density at radius 3 is 2.70 bits per heavy atom. The van der Waals surface area contributed by atoms with Crippen LogP contribution in [0.1, 0.15) is 43.2 Å². The summed E-state index contributed by atoms with van der Waals surface area (Å²) in [5.41, 5.74) is 1.47. The number of nitrogens with zero attached hydrogens (tertiary/aromatic N) is 2. The first-order valence-electron chi connectivity index (χ1n) is 7.15. The molecule has 0 atom stereocenters. The van der Waals surface area contributed by atoms with Crippen LogP contribution in [-0.4, -0.2) is 42.1 Å². The summed E-state index contributed by atoms with van der Waals surface area (Å²) in [5.74, 6) is -0.0196. The number of hydrogen-bond acceptors (Lipinski definition) is 3. The zero-order valence-electron chi connectivity index (χ0n) is 12.5. The average molecular weight is 299 g/mol. The Balaban J connectivity index is 2.82. The molecule has 1 amide bonds. The Bertz CT molecular complexity index is 438. The maximum atomic E-state index is 12.5. The fraction of sp³-hybridized carbons (Fsp3) is 0.600. The van der Waals surface area contributed by atoms with Gasteiger partial charge in [-0.2, -0.15) is 0 Å². The summed E-state index contributed by atoms with van der Waals surface area (Å²) in [7, 11) is 0. The van der Waals surface area contributed by atoms with Gasteiger partial charge in [-0.25, -0.2) is 4.98 Å². The highest BCUT2D eigenvalue weighted by molar-refractivity contribution is 6.29. The molecule has 0 spiro atoms. The molecule has 112 valence electrons. The normalized spacial score (nSPS) is 10.6. The number of carbonyl (C=O) groups excluding carboxylic acids is 1. The number of rotatable bonds is 8. The zero-order valence-corrected chi connectivity index (χ0v) is 13.2. The van der Waals surface area contributed by atoms with Crippen molar-refractivity contribution in [3.05, 3.63) is 28.5 Å². The van der Waals surface area contributed by atoms with Crippen molar-refractivity contribution in [2.45, 2.75) is 33.6 Å². The first kappa shape index (κ1) is 16.9. The zero-order chi connectivity index (χ0) is 15.0. The van der Waals surface area contributed by atoms with Gasteiger partial charge in [0.2, 0.25) is 0 Å². The highest BCUT2D eigenvalue weighted by Gasteiger charge is 2.15. The van der Waals surface area contributed by atoms with Crippen molar-refractivity contribution < 1.29 is 9.53 Å². The third-order valence-electron chi connectivity index (χ3n) is 2.98. The van der Waals surface area contributed by atoms with E-state index in [0.717, 1.165) is 18.5 Å². The van der Waals surface area contributed by atoms with E-state index in [1.54, 1.807) is 11.0 Å². The van der Waals surface area contributed by atoms with Crippen LogP contribution in [0.5, 0.6) is 0 Å². The summed E-state index contributed by atoms with van der Waals surface area (Å²) in [6.07, 6.45) is 1.80. The van der Waals surface area contributed by atoms with Crippen molar-refractivity contribution in [3.63, 3.8) is 0 Å². The van der Waals surface area contributed by atoms with Crippen LogP contribution in [0.3, 0.4) is 0 Å². The molecule has 1 aromatic heterocycles. The van der Waals surface area contributed by atoms with E-state index in [1.807, 2.05) is 19.9 Å². The molecule has 1 heterocycles. The van der Waals surface area contributed by atoms with Crippen molar-refractivity contribution >= 4 is 17.5 Å². The molecule has 0 aliphatic rings. The predicted octanol–water partition coefficient (Wildman–Crippen LogP) is 3.19. The lowest BCUT2D eigenvalue weighted by atomic mass is 10.1. The van der Waals surface area contributed by atoms with E-state index in [0.29, 0.717) is 37.0 Å². The van der Waals surface area contributed by atoms with Crippen LogP contribution >= 0.6 is 11.6 Å². The molecule has 0 N–H and O–H groups in total. The molecule has 0 aromatic carbocycles. The lowest BCUT2D eigenvalue weighted by molar-refractivity contribution is 0.0669. The molecule has 0 fully saturated rings. The fourth-order valence-electron chi connectivity index (χ4n) is 1.96. The Kier molecular flexibility index (Phi) is 7.55. The smallest absolute Gasteiger partial charge is 0.254 e. The topological polar surface area (TPSA) is 42.4 Å². The van der Waals surface area contributed by atoms with Crippen molar-refractivity contribution in [3.8, 4) is 0 Å². The van der Waals surface area contributed by atoms with Crippen molar-refractivity contribution in [2.24, 2.45) is 0 Å². The molecular formula is C15H23ClN2O2. The highest BCUT2D eigenvalue weighted by atomic mass is 35.5. The van der Waals surface area contributed by atoms with Gasteiger partial charge in [-0.05, 0) is 32.4 Å². The maximum Gasteiger partial charge on any atom is 0.254 e. The Labute approximate surface area is 126 Å². The lowest BCUT2D eigenvalue weighted by Gasteiger charge is -2.21. The molecule has 0 unspecified atom stereocenters. The van der Waals surface area contributed by atoms with Crippen LogP contribution in [0.25, 0.3) is 0 Å². The third kappa shape index (κ3) is 5.10. The summed E-state index contributed by atoms with van der Waals surface area (Å²) < 4.78 is 5.31. The SMILES string of the molecule is CCCc1cc(C(=O)N(CC)CCOCC)cc(Cl)n1. The summed E-state index contributed by atoms with van der Waals surface area (Å²) >= 11 is 6.00. The first-order chi connectivity index (χ1) is 9.62. The van der Waals surface area contributed by atoms with Gasteiger partial charge >= 0.3 is 0 Å². The minimum atomic E-state index is -0.0196. The second-order valence-corrected chi connectivity index (χ2v) is 4.89. The molecule has 5 heteroatoms. The summed E-state index contributed by atoms with van der Waals surface area (Å²) in [6, 6.07) is 3.47. The number of carbonyl (C=O) groups is 1. The number of pyridine rings is 1. The summed E-state index contributed by atoms with van der Waals surface area (Å²) in [4.78, 5) is 18.5. The molecule has 0 aliphatic carbocycles. The molecule has 1 aromatic rings. The predicted molar refractivity (Wildman–Crippen MR) is 81.3 cm³/mol. The van der Waals surface area contributed by atoms with Gasteiger partial charge in [0.1, 0.15) is 5.15 Å². The van der Waals surface area contributed by atoms with Crippen LogP contribution in [-0.2, 0) is 11.2 Å². The van der Waals surface area contributed by atoms with Crippen LogP contribution in [0, 0.1) is 0 Å². The van der Waals surface area contributed by atoms with E-state index in [2.05, 4.69) is 11.9 Å². The average Bonchev–Trinajstić information content (AvgIpc) is 2.43. The van der Waals surface area contributed by atoms with Crippen LogP contribution in [0.4, 0.5) is 0 Å². The van der Waals surface area contributed by atoms with Gasteiger partial charge in [0.25, 0.3) is 5.91 Å². The molecule has 0 bridgehead atoms. The van der Waals surface area contributed by atoms with E-state index >= 15 is 0 Å². The Hall–Kier alpha value is -1.13. The minimum absolute atomic E-state index is 0.0196. The second-order valence-electron chi connectivity index (χ2n) is 4.50. The van der Waals surface area contributed by atoms with Gasteiger partial charge in [-0.3, -0.25) is 4.79 Å². The largest absolute Gasteiger partial charge is 0.380 e. The number of aryl methyl sites for hydroxylation is 1. The van der Waals surface area contributed by atoms with E-state index in [4.69, 9.17) is 16.3 Å². The molecule has 1 rings (SSSR count). The van der Waals surface area contributed by atoms with Crippen molar-refractivity contribution in [2.75, 3.05) is 26.3 Å². The molecular weight excluding hydrogens is 276 g/mol. The van der Waals surface area contributed by atoms with Gasteiger partial charge in [0, 0.05) is 31.0 Å². The van der Waals surface area contributed by atoms with E-state index in [1.165, 1.54) is 0 Å². The lowest BCUT2D eigenvalue weighted by Crippen LogP contribution is -2.34.